The fraction of sp³-hybridized carbons (Fsp3) is 0.917. The average Bonchev–Trinajstić information content (AvgIpc) is 2.53. The molecule has 0 spiro atoms. The molecule has 0 heterocycles. The smallest absolute Gasteiger partial charge is 0.0638 e. The predicted molar refractivity (Wildman–Crippen MR) is 56.3 cm³/mol. The van der Waals surface area contributed by atoms with Crippen LogP contribution < -0.4 is 5.73 Å². The maximum atomic E-state index is 8.70. The summed E-state index contributed by atoms with van der Waals surface area (Å²) in [5.74, 6) is 0.491. The molecule has 2 aliphatic rings. The van der Waals surface area contributed by atoms with Crippen molar-refractivity contribution in [2.75, 3.05) is 0 Å². The van der Waals surface area contributed by atoms with Crippen LogP contribution in [0.2, 0.25) is 0 Å². The molecule has 0 aliphatic heterocycles. The molecule has 4 atom stereocenters. The zero-order valence-corrected chi connectivity index (χ0v) is 9.09. The van der Waals surface area contributed by atoms with Crippen LogP contribution in [0.5, 0.6) is 0 Å². The van der Waals surface area contributed by atoms with Crippen molar-refractivity contribution in [1.82, 2.24) is 0 Å². The highest BCUT2D eigenvalue weighted by atomic mass is 14.7. The second-order valence-electron chi connectivity index (χ2n) is 5.40. The van der Waals surface area contributed by atoms with Crippen LogP contribution in [-0.2, 0) is 0 Å². The SMILES string of the molecule is [2H][C@@]1(C(N)CC#N)CC2CCC1C2(C)C. The van der Waals surface area contributed by atoms with E-state index in [9.17, 15) is 0 Å². The molecule has 0 amide bonds. The van der Waals surface area contributed by atoms with Gasteiger partial charge in [-0.05, 0) is 42.4 Å². The molecule has 2 bridgehead atoms. The second kappa shape index (κ2) is 3.24. The van der Waals surface area contributed by atoms with Gasteiger partial charge in [0, 0.05) is 7.41 Å². The summed E-state index contributed by atoms with van der Waals surface area (Å²) in [6, 6.07) is 1.84. The second-order valence-corrected chi connectivity index (χ2v) is 5.40. The number of nitrogens with two attached hydrogens (primary N) is 1. The highest BCUT2D eigenvalue weighted by Crippen LogP contribution is 2.60. The minimum atomic E-state index is -0.540. The van der Waals surface area contributed by atoms with Crippen LogP contribution in [-0.4, -0.2) is 6.04 Å². The largest absolute Gasteiger partial charge is 0.327 e. The normalized spacial score (nSPS) is 47.1. The molecule has 0 radical (unpaired) electrons. The maximum Gasteiger partial charge on any atom is 0.0638 e. The summed E-state index contributed by atoms with van der Waals surface area (Å²) >= 11 is 0. The average molecular weight is 193 g/mol. The van der Waals surface area contributed by atoms with Crippen LogP contribution in [0, 0.1) is 34.5 Å². The standard InChI is InChI=1S/C12H20N2/c1-12(2)8-3-4-10(12)9(7-8)11(14)5-6-13/h8-11H,3-5,7,14H2,1-2H3/t8?,9-,10?,11?/m1/s1/i9D. The molecular formula is C12H20N2. The minimum absolute atomic E-state index is 0.259. The van der Waals surface area contributed by atoms with Crippen molar-refractivity contribution in [1.29, 1.82) is 5.26 Å². The third kappa shape index (κ3) is 1.26. The molecule has 78 valence electrons. The van der Waals surface area contributed by atoms with Gasteiger partial charge in [0.1, 0.15) is 0 Å². The molecule has 3 unspecified atom stereocenters. The van der Waals surface area contributed by atoms with Gasteiger partial charge in [-0.1, -0.05) is 13.8 Å². The Balaban J connectivity index is 2.23. The van der Waals surface area contributed by atoms with Gasteiger partial charge in [0.2, 0.25) is 0 Å². The Labute approximate surface area is 87.9 Å². The molecule has 2 aliphatic carbocycles. The van der Waals surface area contributed by atoms with Gasteiger partial charge in [-0.25, -0.2) is 0 Å². The Morgan fingerprint density at radius 2 is 2.36 bits per heavy atom. The highest BCUT2D eigenvalue weighted by Gasteiger charge is 2.54. The van der Waals surface area contributed by atoms with Crippen LogP contribution in [0.25, 0.3) is 0 Å². The lowest BCUT2D eigenvalue weighted by atomic mass is 9.77. The summed E-state index contributed by atoms with van der Waals surface area (Å²) in [6.07, 6.45) is 3.59. The van der Waals surface area contributed by atoms with Crippen molar-refractivity contribution in [3.63, 3.8) is 0 Å². The molecule has 2 fully saturated rings. The van der Waals surface area contributed by atoms with Crippen molar-refractivity contribution in [2.24, 2.45) is 28.9 Å². The summed E-state index contributed by atoms with van der Waals surface area (Å²) in [7, 11) is 0. The Bertz CT molecular complexity index is 307. The van der Waals surface area contributed by atoms with Gasteiger partial charge in [0.05, 0.1) is 12.5 Å². The monoisotopic (exact) mass is 193 g/mol. The van der Waals surface area contributed by atoms with E-state index >= 15 is 0 Å². The fourth-order valence-corrected chi connectivity index (χ4v) is 3.49. The van der Waals surface area contributed by atoms with E-state index in [0.29, 0.717) is 18.3 Å². The van der Waals surface area contributed by atoms with E-state index in [2.05, 4.69) is 19.9 Å². The lowest BCUT2D eigenvalue weighted by molar-refractivity contribution is 0.217. The van der Waals surface area contributed by atoms with Crippen molar-refractivity contribution in [3.8, 4) is 6.07 Å². The van der Waals surface area contributed by atoms with Crippen LogP contribution in [0.3, 0.4) is 0 Å². The van der Waals surface area contributed by atoms with Gasteiger partial charge >= 0.3 is 0 Å². The molecule has 2 nitrogen and oxygen atoms in total. The first-order chi connectivity index (χ1) is 6.93. The molecular weight excluding hydrogens is 172 g/mol. The van der Waals surface area contributed by atoms with Gasteiger partial charge < -0.3 is 5.73 Å². The summed E-state index contributed by atoms with van der Waals surface area (Å²) < 4.78 is 8.56. The van der Waals surface area contributed by atoms with Crippen molar-refractivity contribution >= 4 is 0 Å². The van der Waals surface area contributed by atoms with Gasteiger partial charge in [0.15, 0.2) is 0 Å². The van der Waals surface area contributed by atoms with Crippen LogP contribution in [0.1, 0.15) is 40.9 Å². The van der Waals surface area contributed by atoms with Crippen LogP contribution in [0.15, 0.2) is 0 Å². The molecule has 2 heteroatoms. The van der Waals surface area contributed by atoms with E-state index in [1.165, 1.54) is 6.42 Å². The van der Waals surface area contributed by atoms with Gasteiger partial charge in [-0.3, -0.25) is 0 Å². The highest BCUT2D eigenvalue weighted by molar-refractivity contribution is 5.05. The minimum Gasteiger partial charge on any atom is -0.327 e. The number of rotatable bonds is 2. The summed E-state index contributed by atoms with van der Waals surface area (Å²) in [4.78, 5) is 0. The number of nitriles is 1. The maximum absolute atomic E-state index is 8.70. The first-order valence-electron chi connectivity index (χ1n) is 6.05. The number of hydrogen-bond acceptors (Lipinski definition) is 2. The Morgan fingerprint density at radius 3 is 2.79 bits per heavy atom. The summed E-state index contributed by atoms with van der Waals surface area (Å²) in [5.41, 5.74) is 6.28. The van der Waals surface area contributed by atoms with Gasteiger partial charge in [0.25, 0.3) is 0 Å². The molecule has 2 rings (SSSR count). The summed E-state index contributed by atoms with van der Waals surface area (Å²) in [5, 5.41) is 8.70. The van der Waals surface area contributed by atoms with E-state index in [0.717, 1.165) is 12.8 Å². The lowest BCUT2D eigenvalue weighted by Crippen LogP contribution is -2.34. The Hall–Kier alpha value is -0.550. The van der Waals surface area contributed by atoms with E-state index in [1.54, 1.807) is 0 Å². The van der Waals surface area contributed by atoms with E-state index < -0.39 is 5.89 Å². The van der Waals surface area contributed by atoms with Crippen LogP contribution in [0.4, 0.5) is 0 Å². The van der Waals surface area contributed by atoms with Crippen molar-refractivity contribution in [3.05, 3.63) is 0 Å². The van der Waals surface area contributed by atoms with E-state index in [4.69, 9.17) is 12.4 Å². The van der Waals surface area contributed by atoms with Gasteiger partial charge in [-0.15, -0.1) is 0 Å². The molecule has 2 saturated carbocycles. The lowest BCUT2D eigenvalue weighted by Gasteiger charge is -2.29. The molecule has 0 saturated heterocycles. The molecule has 0 aromatic rings. The molecule has 0 aromatic carbocycles. The Morgan fingerprint density at radius 1 is 1.64 bits per heavy atom. The first-order valence-corrected chi connectivity index (χ1v) is 5.55. The zero-order chi connectivity index (χ0) is 11.3. The zero-order valence-electron chi connectivity index (χ0n) is 10.1. The number of nitrogens with zero attached hydrogens (tertiary/aromatic N) is 1. The number of fused-ring (bicyclic) bond motifs is 2. The summed E-state index contributed by atoms with van der Waals surface area (Å²) in [6.45, 7) is 4.54. The molecule has 2 N–H and O–H groups in total. The van der Waals surface area contributed by atoms with Crippen LogP contribution >= 0.6 is 0 Å². The van der Waals surface area contributed by atoms with Gasteiger partial charge in [-0.2, -0.15) is 5.26 Å². The third-order valence-corrected chi connectivity index (χ3v) is 4.47. The topological polar surface area (TPSA) is 49.8 Å². The van der Waals surface area contributed by atoms with Crippen molar-refractivity contribution < 1.29 is 1.37 Å². The van der Waals surface area contributed by atoms with Crippen molar-refractivity contribution in [2.45, 2.75) is 45.6 Å². The fourth-order valence-electron chi connectivity index (χ4n) is 3.49. The third-order valence-electron chi connectivity index (χ3n) is 4.47. The Kier molecular flexibility index (Phi) is 2.02. The molecule has 0 aromatic heterocycles. The van der Waals surface area contributed by atoms with E-state index in [-0.39, 0.29) is 11.5 Å². The number of hydrogen-bond donors (Lipinski definition) is 1. The first kappa shape index (κ1) is 8.73. The molecule has 14 heavy (non-hydrogen) atoms. The predicted octanol–water partition coefficient (Wildman–Crippen LogP) is 2.30. The quantitative estimate of drug-likeness (QED) is 0.731. The van der Waals surface area contributed by atoms with E-state index in [1.807, 2.05) is 0 Å².